The van der Waals surface area contributed by atoms with Gasteiger partial charge in [0.15, 0.2) is 5.13 Å². The summed E-state index contributed by atoms with van der Waals surface area (Å²) in [5.74, 6) is -0.323. The number of benzene rings is 1. The lowest BCUT2D eigenvalue weighted by Gasteiger charge is -2.22. The van der Waals surface area contributed by atoms with E-state index < -0.39 is 10.0 Å². The highest BCUT2D eigenvalue weighted by Crippen LogP contribution is 2.33. The van der Waals surface area contributed by atoms with Crippen molar-refractivity contribution < 1.29 is 13.2 Å². The molecule has 0 bridgehead atoms. The van der Waals surface area contributed by atoms with Crippen molar-refractivity contribution in [3.63, 3.8) is 0 Å². The summed E-state index contributed by atoms with van der Waals surface area (Å²) in [4.78, 5) is 18.3. The number of carbonyl (C=O) groups is 1. The summed E-state index contributed by atoms with van der Waals surface area (Å²) in [5.41, 5.74) is 1.19. The molecule has 0 aliphatic heterocycles. The topological polar surface area (TPSA) is 79.4 Å². The molecule has 3 rings (SSSR count). The van der Waals surface area contributed by atoms with Crippen molar-refractivity contribution in [1.82, 2.24) is 9.29 Å². The van der Waals surface area contributed by atoms with E-state index in [4.69, 9.17) is 0 Å². The van der Waals surface area contributed by atoms with Crippen LogP contribution in [0.25, 0.3) is 10.6 Å². The summed E-state index contributed by atoms with van der Waals surface area (Å²) in [7, 11) is -3.58. The lowest BCUT2D eigenvalue weighted by Crippen LogP contribution is -2.33. The predicted molar refractivity (Wildman–Crippen MR) is 136 cm³/mol. The van der Waals surface area contributed by atoms with Crippen LogP contribution in [0.1, 0.15) is 49.9 Å². The summed E-state index contributed by atoms with van der Waals surface area (Å²) in [6.07, 6.45) is 3.50. The van der Waals surface area contributed by atoms with Gasteiger partial charge in [-0.3, -0.25) is 10.1 Å². The van der Waals surface area contributed by atoms with Crippen LogP contribution in [-0.2, 0) is 10.0 Å². The molecule has 0 saturated carbocycles. The molecule has 0 fully saturated rings. The molecule has 0 aliphatic carbocycles. The molecule has 1 aromatic carbocycles. The highest BCUT2D eigenvalue weighted by molar-refractivity contribution is 9.11. The Hall–Kier alpha value is -1.59. The van der Waals surface area contributed by atoms with Crippen molar-refractivity contribution in [2.45, 2.75) is 44.4 Å². The Morgan fingerprint density at radius 1 is 1.06 bits per heavy atom. The van der Waals surface area contributed by atoms with Crippen molar-refractivity contribution >= 4 is 59.7 Å². The second kappa shape index (κ2) is 11.5. The fourth-order valence-corrected chi connectivity index (χ4v) is 6.66. The molecule has 6 nitrogen and oxygen atoms in total. The van der Waals surface area contributed by atoms with Crippen LogP contribution in [0.15, 0.2) is 50.5 Å². The molecule has 32 heavy (non-hydrogen) atoms. The van der Waals surface area contributed by atoms with E-state index >= 15 is 0 Å². The van der Waals surface area contributed by atoms with Crippen LogP contribution >= 0.6 is 38.6 Å². The van der Waals surface area contributed by atoms with E-state index in [0.29, 0.717) is 23.8 Å². The van der Waals surface area contributed by atoms with Crippen LogP contribution in [0.4, 0.5) is 5.13 Å². The molecule has 3 aromatic rings. The minimum absolute atomic E-state index is 0.209. The molecule has 1 amide bonds. The quantitative estimate of drug-likeness (QED) is 0.293. The van der Waals surface area contributed by atoms with E-state index in [1.165, 1.54) is 23.5 Å². The fraction of sp³-hybridized carbons (Fsp3) is 0.364. The monoisotopic (exact) mass is 555 g/mol. The number of thiazole rings is 1. The van der Waals surface area contributed by atoms with Gasteiger partial charge in [-0.25, -0.2) is 13.4 Å². The molecule has 10 heteroatoms. The van der Waals surface area contributed by atoms with Crippen LogP contribution in [0.5, 0.6) is 0 Å². The van der Waals surface area contributed by atoms with Crippen molar-refractivity contribution in [2.75, 3.05) is 18.4 Å². The molecule has 2 aromatic heterocycles. The largest absolute Gasteiger partial charge is 0.298 e. The fourth-order valence-electron chi connectivity index (χ4n) is 3.01. The molecule has 0 aliphatic rings. The Kier molecular flexibility index (Phi) is 9.01. The SMILES string of the molecule is CCCCN(CCCC)S(=O)(=O)c1ccc(C(=O)Nc2nc(-c3ccc(Br)s3)cs2)cc1. The van der Waals surface area contributed by atoms with Gasteiger partial charge in [0.05, 0.1) is 19.3 Å². The third-order valence-electron chi connectivity index (χ3n) is 4.83. The summed E-state index contributed by atoms with van der Waals surface area (Å²) in [6.45, 7) is 5.11. The second-order valence-corrected chi connectivity index (χ2v) is 12.5. The van der Waals surface area contributed by atoms with Gasteiger partial charge >= 0.3 is 0 Å². The summed E-state index contributed by atoms with van der Waals surface area (Å²) >= 11 is 6.36. The van der Waals surface area contributed by atoms with Crippen LogP contribution in [-0.4, -0.2) is 36.7 Å². The van der Waals surface area contributed by atoms with E-state index in [1.807, 2.05) is 31.4 Å². The maximum Gasteiger partial charge on any atom is 0.257 e. The van der Waals surface area contributed by atoms with Gasteiger partial charge in [0, 0.05) is 24.0 Å². The number of hydrogen-bond acceptors (Lipinski definition) is 6. The highest BCUT2D eigenvalue weighted by atomic mass is 79.9. The van der Waals surface area contributed by atoms with Crippen molar-refractivity contribution in [3.8, 4) is 10.6 Å². The molecule has 2 heterocycles. The zero-order valence-electron chi connectivity index (χ0n) is 18.0. The number of nitrogens with one attached hydrogen (secondary N) is 1. The Morgan fingerprint density at radius 2 is 1.72 bits per heavy atom. The first-order chi connectivity index (χ1) is 15.3. The number of rotatable bonds is 11. The highest BCUT2D eigenvalue weighted by Gasteiger charge is 2.24. The summed E-state index contributed by atoms with van der Waals surface area (Å²) in [6, 6.07) is 10.0. The number of sulfonamides is 1. The third kappa shape index (κ3) is 6.26. The molecule has 0 radical (unpaired) electrons. The Balaban J connectivity index is 1.70. The summed E-state index contributed by atoms with van der Waals surface area (Å²) < 4.78 is 28.7. The predicted octanol–water partition coefficient (Wildman–Crippen LogP) is 6.48. The Labute approximate surface area is 205 Å². The van der Waals surface area contributed by atoms with Crippen molar-refractivity contribution in [3.05, 3.63) is 51.1 Å². The van der Waals surface area contributed by atoms with E-state index in [0.717, 1.165) is 40.0 Å². The van der Waals surface area contributed by atoms with Crippen molar-refractivity contribution in [2.24, 2.45) is 0 Å². The molecule has 0 spiro atoms. The van der Waals surface area contributed by atoms with Crippen LogP contribution < -0.4 is 5.32 Å². The average Bonchev–Trinajstić information content (AvgIpc) is 3.42. The van der Waals surface area contributed by atoms with Crippen LogP contribution in [0, 0.1) is 0 Å². The number of thiophene rings is 1. The smallest absolute Gasteiger partial charge is 0.257 e. The van der Waals surface area contributed by atoms with Gasteiger partial charge in [0.2, 0.25) is 10.0 Å². The van der Waals surface area contributed by atoms with Crippen molar-refractivity contribution in [1.29, 1.82) is 0 Å². The third-order valence-corrected chi connectivity index (χ3v) is 9.14. The normalized spacial score (nSPS) is 11.8. The zero-order valence-corrected chi connectivity index (χ0v) is 22.0. The van der Waals surface area contributed by atoms with Gasteiger partial charge in [-0.05, 0) is 65.2 Å². The molecule has 0 atom stereocenters. The van der Waals surface area contributed by atoms with Gasteiger partial charge in [0.25, 0.3) is 5.91 Å². The Bertz CT molecular complexity index is 1130. The van der Waals surface area contributed by atoms with E-state index in [1.54, 1.807) is 27.8 Å². The van der Waals surface area contributed by atoms with E-state index in [9.17, 15) is 13.2 Å². The molecule has 172 valence electrons. The zero-order chi connectivity index (χ0) is 23.1. The summed E-state index contributed by atoms with van der Waals surface area (Å²) in [5, 5.41) is 5.18. The average molecular weight is 557 g/mol. The number of hydrogen-bond donors (Lipinski definition) is 1. The standard InChI is InChI=1S/C22H26BrN3O3S3/c1-3-5-13-26(14-6-4-2)32(28,29)17-9-7-16(8-10-17)21(27)25-22-24-18(15-30-22)19-11-12-20(23)31-19/h7-12,15H,3-6,13-14H2,1-2H3,(H,24,25,27). The molecule has 0 unspecified atom stereocenters. The van der Waals surface area contributed by atoms with Gasteiger partial charge in [-0.15, -0.1) is 22.7 Å². The van der Waals surface area contributed by atoms with Crippen LogP contribution in [0.3, 0.4) is 0 Å². The second-order valence-electron chi connectivity index (χ2n) is 7.23. The minimum Gasteiger partial charge on any atom is -0.298 e. The minimum atomic E-state index is -3.58. The van der Waals surface area contributed by atoms with Gasteiger partial charge in [-0.2, -0.15) is 4.31 Å². The first-order valence-electron chi connectivity index (χ1n) is 10.5. The molecule has 0 saturated heterocycles. The molecular weight excluding hydrogens is 530 g/mol. The van der Waals surface area contributed by atoms with E-state index in [-0.39, 0.29) is 10.8 Å². The number of halogens is 1. The first kappa shape index (κ1) is 25.0. The number of aromatic nitrogens is 1. The molecular formula is C22H26BrN3O3S3. The Morgan fingerprint density at radius 3 is 2.28 bits per heavy atom. The first-order valence-corrected chi connectivity index (χ1v) is 14.4. The number of amides is 1. The lowest BCUT2D eigenvalue weighted by atomic mass is 10.2. The number of unbranched alkanes of at least 4 members (excludes halogenated alkanes) is 2. The van der Waals surface area contributed by atoms with Crippen LogP contribution in [0.2, 0.25) is 0 Å². The van der Waals surface area contributed by atoms with Gasteiger partial charge in [0.1, 0.15) is 0 Å². The van der Waals surface area contributed by atoms with Gasteiger partial charge < -0.3 is 0 Å². The maximum atomic E-state index is 13.1. The number of nitrogens with zero attached hydrogens (tertiary/aromatic N) is 2. The lowest BCUT2D eigenvalue weighted by molar-refractivity contribution is 0.102. The van der Waals surface area contributed by atoms with Gasteiger partial charge in [-0.1, -0.05) is 26.7 Å². The number of anilines is 1. The maximum absolute atomic E-state index is 13.1. The molecule has 1 N–H and O–H groups in total. The number of carbonyl (C=O) groups excluding carboxylic acids is 1. The van der Waals surface area contributed by atoms with E-state index in [2.05, 4.69) is 26.2 Å².